The highest BCUT2D eigenvalue weighted by Gasteiger charge is 2.30. The van der Waals surface area contributed by atoms with Crippen molar-refractivity contribution in [3.8, 4) is 11.1 Å². The summed E-state index contributed by atoms with van der Waals surface area (Å²) in [6, 6.07) is 0. The maximum atomic E-state index is 12.4. The third-order valence-electron chi connectivity index (χ3n) is 6.06. The molecule has 1 N–H and O–H groups in total. The summed E-state index contributed by atoms with van der Waals surface area (Å²) >= 11 is 0. The van der Waals surface area contributed by atoms with Crippen LogP contribution in [0.5, 0.6) is 0 Å². The standard InChI is InChI=1S/C24H31N5O3/c1-24(2,3)32-21(30)10-16-8-6-5-7-15(16)9-20-25-13-19-22(28-20)18(12-26-23(19)31)17-11-27-29(4)14-17/h11-16H,5-10H2,1-4H3,(H,26,31)/t15-,16+/m1/s1. The monoisotopic (exact) mass is 437 g/mol. The Bertz CT molecular complexity index is 1170. The van der Waals surface area contributed by atoms with Crippen molar-refractivity contribution < 1.29 is 9.53 Å². The molecule has 8 nitrogen and oxygen atoms in total. The van der Waals surface area contributed by atoms with Gasteiger partial charge in [0.2, 0.25) is 0 Å². The van der Waals surface area contributed by atoms with E-state index in [1.165, 1.54) is 0 Å². The number of carbonyl (C=O) groups excluding carboxylic acids is 1. The van der Waals surface area contributed by atoms with E-state index in [2.05, 4.69) is 15.1 Å². The van der Waals surface area contributed by atoms with Gasteiger partial charge in [0, 0.05) is 49.6 Å². The zero-order valence-corrected chi connectivity index (χ0v) is 19.2. The van der Waals surface area contributed by atoms with Crippen molar-refractivity contribution >= 4 is 16.9 Å². The van der Waals surface area contributed by atoms with Crippen LogP contribution in [0.15, 0.2) is 29.6 Å². The molecule has 0 bridgehead atoms. The number of esters is 1. The van der Waals surface area contributed by atoms with E-state index in [0.717, 1.165) is 36.8 Å². The Morgan fingerprint density at radius 1 is 1.22 bits per heavy atom. The SMILES string of the molecule is Cn1cc(-c2c[nH]c(=O)c3cnc(C[C@H]4CCCC[C@H]4CC(=O)OC(C)(C)C)nc23)cn1. The lowest BCUT2D eigenvalue weighted by Crippen LogP contribution is -2.29. The predicted molar refractivity (Wildman–Crippen MR) is 122 cm³/mol. The molecule has 2 atom stereocenters. The summed E-state index contributed by atoms with van der Waals surface area (Å²) in [5.74, 6) is 1.14. The molecule has 32 heavy (non-hydrogen) atoms. The Labute approximate surface area is 187 Å². The van der Waals surface area contributed by atoms with E-state index in [4.69, 9.17) is 9.72 Å². The number of aryl methyl sites for hydroxylation is 1. The number of carbonyl (C=O) groups is 1. The average Bonchev–Trinajstić information content (AvgIpc) is 3.14. The number of nitrogens with one attached hydrogen (secondary N) is 1. The first-order chi connectivity index (χ1) is 15.2. The average molecular weight is 438 g/mol. The summed E-state index contributed by atoms with van der Waals surface area (Å²) in [4.78, 5) is 36.9. The molecular weight excluding hydrogens is 406 g/mol. The minimum atomic E-state index is -0.474. The van der Waals surface area contributed by atoms with Gasteiger partial charge in [-0.05, 0) is 45.4 Å². The molecule has 0 aliphatic heterocycles. The van der Waals surface area contributed by atoms with Gasteiger partial charge < -0.3 is 9.72 Å². The molecule has 0 saturated heterocycles. The number of hydrogen-bond acceptors (Lipinski definition) is 6. The first kappa shape index (κ1) is 22.2. The molecule has 0 spiro atoms. The van der Waals surface area contributed by atoms with Gasteiger partial charge in [-0.15, -0.1) is 0 Å². The van der Waals surface area contributed by atoms with Crippen LogP contribution in [0.3, 0.4) is 0 Å². The number of fused-ring (bicyclic) bond motifs is 1. The summed E-state index contributed by atoms with van der Waals surface area (Å²) in [6.07, 6.45) is 12.4. The third-order valence-corrected chi connectivity index (χ3v) is 6.06. The quantitative estimate of drug-likeness (QED) is 0.609. The third kappa shape index (κ3) is 5.06. The highest BCUT2D eigenvalue weighted by atomic mass is 16.6. The fourth-order valence-corrected chi connectivity index (χ4v) is 4.61. The molecule has 1 aliphatic rings. The topological polar surface area (TPSA) is 103 Å². The normalized spacial score (nSPS) is 19.2. The van der Waals surface area contributed by atoms with Crippen molar-refractivity contribution in [1.82, 2.24) is 24.7 Å². The van der Waals surface area contributed by atoms with Gasteiger partial charge in [0.1, 0.15) is 11.4 Å². The number of pyridine rings is 1. The largest absolute Gasteiger partial charge is 0.460 e. The molecule has 1 saturated carbocycles. The Kier molecular flexibility index (Phi) is 6.13. The van der Waals surface area contributed by atoms with Crippen LogP contribution in [-0.4, -0.2) is 36.3 Å². The van der Waals surface area contributed by atoms with Gasteiger partial charge in [-0.3, -0.25) is 14.3 Å². The first-order valence-corrected chi connectivity index (χ1v) is 11.3. The van der Waals surface area contributed by atoms with E-state index in [1.54, 1.807) is 23.3 Å². The summed E-state index contributed by atoms with van der Waals surface area (Å²) in [6.45, 7) is 5.69. The van der Waals surface area contributed by atoms with Gasteiger partial charge >= 0.3 is 5.97 Å². The zero-order valence-electron chi connectivity index (χ0n) is 19.2. The molecule has 0 aromatic carbocycles. The second-order valence-electron chi connectivity index (χ2n) is 9.78. The van der Waals surface area contributed by atoms with Gasteiger partial charge in [0.15, 0.2) is 0 Å². The molecule has 3 heterocycles. The van der Waals surface area contributed by atoms with Crippen LogP contribution in [-0.2, 0) is 23.0 Å². The van der Waals surface area contributed by atoms with Crippen molar-refractivity contribution in [3.05, 3.63) is 41.0 Å². The van der Waals surface area contributed by atoms with Crippen LogP contribution in [0.2, 0.25) is 0 Å². The van der Waals surface area contributed by atoms with Crippen molar-refractivity contribution in [1.29, 1.82) is 0 Å². The van der Waals surface area contributed by atoms with Crippen LogP contribution in [0.25, 0.3) is 22.0 Å². The Morgan fingerprint density at radius 2 is 1.97 bits per heavy atom. The highest BCUT2D eigenvalue weighted by molar-refractivity contribution is 5.91. The van der Waals surface area contributed by atoms with E-state index >= 15 is 0 Å². The summed E-state index contributed by atoms with van der Waals surface area (Å²) in [5, 5.41) is 4.70. The summed E-state index contributed by atoms with van der Waals surface area (Å²) in [7, 11) is 1.85. The Balaban J connectivity index is 1.60. The smallest absolute Gasteiger partial charge is 0.306 e. The Hall–Kier alpha value is -3.03. The predicted octanol–water partition coefficient (Wildman–Crippen LogP) is 3.80. The van der Waals surface area contributed by atoms with Gasteiger partial charge in [-0.25, -0.2) is 9.97 Å². The molecule has 170 valence electrons. The van der Waals surface area contributed by atoms with Crippen LogP contribution in [0.1, 0.15) is 58.7 Å². The Morgan fingerprint density at radius 3 is 2.66 bits per heavy atom. The number of ether oxygens (including phenoxy) is 1. The molecule has 3 aromatic heterocycles. The van der Waals surface area contributed by atoms with Crippen LogP contribution in [0.4, 0.5) is 0 Å². The maximum Gasteiger partial charge on any atom is 0.306 e. The minimum absolute atomic E-state index is 0.140. The lowest BCUT2D eigenvalue weighted by atomic mass is 9.75. The van der Waals surface area contributed by atoms with E-state index in [1.807, 2.05) is 34.0 Å². The lowest BCUT2D eigenvalue weighted by Gasteiger charge is -2.31. The van der Waals surface area contributed by atoms with E-state index in [-0.39, 0.29) is 17.4 Å². The van der Waals surface area contributed by atoms with Crippen LogP contribution in [0, 0.1) is 11.8 Å². The van der Waals surface area contributed by atoms with Crippen molar-refractivity contribution in [3.63, 3.8) is 0 Å². The molecular formula is C24H31N5O3. The van der Waals surface area contributed by atoms with E-state index < -0.39 is 5.60 Å². The first-order valence-electron chi connectivity index (χ1n) is 11.3. The van der Waals surface area contributed by atoms with Crippen molar-refractivity contribution in [2.45, 2.75) is 64.9 Å². The molecule has 1 fully saturated rings. The zero-order chi connectivity index (χ0) is 22.9. The number of rotatable bonds is 5. The number of aromatic amines is 1. The fraction of sp³-hybridized carbons (Fsp3) is 0.542. The molecule has 1 aliphatic carbocycles. The number of H-pyrrole nitrogens is 1. The van der Waals surface area contributed by atoms with Crippen molar-refractivity contribution in [2.24, 2.45) is 18.9 Å². The number of nitrogens with zero attached hydrogens (tertiary/aromatic N) is 4. The minimum Gasteiger partial charge on any atom is -0.460 e. The fourth-order valence-electron chi connectivity index (χ4n) is 4.61. The van der Waals surface area contributed by atoms with Crippen LogP contribution < -0.4 is 5.56 Å². The summed E-state index contributed by atoms with van der Waals surface area (Å²) in [5.41, 5.74) is 1.66. The molecule has 0 radical (unpaired) electrons. The second-order valence-corrected chi connectivity index (χ2v) is 9.78. The van der Waals surface area contributed by atoms with E-state index in [0.29, 0.717) is 35.5 Å². The maximum absolute atomic E-state index is 12.4. The lowest BCUT2D eigenvalue weighted by molar-refractivity contribution is -0.156. The van der Waals surface area contributed by atoms with Gasteiger partial charge in [0.25, 0.3) is 5.56 Å². The van der Waals surface area contributed by atoms with Gasteiger partial charge in [-0.1, -0.05) is 12.8 Å². The summed E-state index contributed by atoms with van der Waals surface area (Å²) < 4.78 is 7.28. The highest BCUT2D eigenvalue weighted by Crippen LogP contribution is 2.35. The molecule has 4 rings (SSSR count). The van der Waals surface area contributed by atoms with Crippen LogP contribution >= 0.6 is 0 Å². The molecule has 8 heteroatoms. The molecule has 0 amide bonds. The molecule has 3 aromatic rings. The van der Waals surface area contributed by atoms with Gasteiger partial charge in [0.05, 0.1) is 17.1 Å². The van der Waals surface area contributed by atoms with Crippen molar-refractivity contribution in [2.75, 3.05) is 0 Å². The second kappa shape index (κ2) is 8.84. The van der Waals surface area contributed by atoms with E-state index in [9.17, 15) is 9.59 Å². The molecule has 0 unspecified atom stereocenters. The number of hydrogen-bond donors (Lipinski definition) is 1. The number of aromatic nitrogens is 5. The van der Waals surface area contributed by atoms with Gasteiger partial charge in [-0.2, -0.15) is 5.10 Å².